The highest BCUT2D eigenvalue weighted by Gasteiger charge is 2.16. The predicted molar refractivity (Wildman–Crippen MR) is 66.9 cm³/mol. The Morgan fingerprint density at radius 2 is 2.11 bits per heavy atom. The van der Waals surface area contributed by atoms with Gasteiger partial charge in [0.05, 0.1) is 11.7 Å². The molecular formula is C13H14F2N4. The second-order valence-electron chi connectivity index (χ2n) is 4.17. The fourth-order valence-electron chi connectivity index (χ4n) is 1.84. The first-order valence-electron chi connectivity index (χ1n) is 5.80. The zero-order chi connectivity index (χ0) is 13.8. The Morgan fingerprint density at radius 1 is 1.32 bits per heavy atom. The molecule has 1 aromatic heterocycles. The number of hydrazine groups is 1. The van der Waals surface area contributed by atoms with E-state index in [0.29, 0.717) is 11.5 Å². The second-order valence-corrected chi connectivity index (χ2v) is 4.17. The van der Waals surface area contributed by atoms with E-state index < -0.39 is 17.7 Å². The van der Waals surface area contributed by atoms with Gasteiger partial charge in [-0.15, -0.1) is 0 Å². The molecule has 19 heavy (non-hydrogen) atoms. The second kappa shape index (κ2) is 5.81. The van der Waals surface area contributed by atoms with Crippen LogP contribution in [0.15, 0.2) is 30.5 Å². The molecule has 1 unspecified atom stereocenters. The first-order valence-corrected chi connectivity index (χ1v) is 5.80. The van der Waals surface area contributed by atoms with Crippen molar-refractivity contribution >= 4 is 0 Å². The Hall–Kier alpha value is -1.92. The summed E-state index contributed by atoms with van der Waals surface area (Å²) in [5.74, 6) is 4.34. The number of halogens is 2. The molecule has 0 spiro atoms. The van der Waals surface area contributed by atoms with Gasteiger partial charge in [0.2, 0.25) is 0 Å². The third kappa shape index (κ3) is 3.10. The van der Waals surface area contributed by atoms with Crippen molar-refractivity contribution in [3.8, 4) is 0 Å². The van der Waals surface area contributed by atoms with Crippen LogP contribution in [0.4, 0.5) is 8.78 Å². The summed E-state index contributed by atoms with van der Waals surface area (Å²) in [6.07, 6.45) is 1.81. The normalized spacial score (nSPS) is 12.4. The molecule has 0 saturated heterocycles. The summed E-state index contributed by atoms with van der Waals surface area (Å²) >= 11 is 0. The van der Waals surface area contributed by atoms with Crippen molar-refractivity contribution in [2.45, 2.75) is 19.4 Å². The van der Waals surface area contributed by atoms with Crippen LogP contribution < -0.4 is 11.3 Å². The van der Waals surface area contributed by atoms with Crippen LogP contribution >= 0.6 is 0 Å². The number of hydrogen-bond acceptors (Lipinski definition) is 4. The summed E-state index contributed by atoms with van der Waals surface area (Å²) in [7, 11) is 0. The van der Waals surface area contributed by atoms with E-state index in [4.69, 9.17) is 5.84 Å². The molecule has 1 atom stereocenters. The zero-order valence-corrected chi connectivity index (χ0v) is 10.4. The summed E-state index contributed by atoms with van der Waals surface area (Å²) in [5.41, 5.74) is 3.45. The van der Waals surface area contributed by atoms with Gasteiger partial charge in [-0.1, -0.05) is 12.1 Å². The third-order valence-corrected chi connectivity index (χ3v) is 2.81. The van der Waals surface area contributed by atoms with Crippen LogP contribution in [-0.2, 0) is 6.42 Å². The SMILES string of the molecule is Cc1nccc(C(Cc2cccc(F)c2F)NN)n1. The van der Waals surface area contributed by atoms with E-state index in [1.54, 1.807) is 19.2 Å². The first kappa shape index (κ1) is 13.5. The van der Waals surface area contributed by atoms with E-state index in [2.05, 4.69) is 15.4 Å². The van der Waals surface area contributed by atoms with Crippen LogP contribution in [0.1, 0.15) is 23.1 Å². The molecule has 2 aromatic rings. The fraction of sp³-hybridized carbons (Fsp3) is 0.231. The maximum Gasteiger partial charge on any atom is 0.162 e. The Bertz CT molecular complexity index is 574. The lowest BCUT2D eigenvalue weighted by Crippen LogP contribution is -2.30. The summed E-state index contributed by atoms with van der Waals surface area (Å²) in [5, 5.41) is 0. The maximum atomic E-state index is 13.6. The molecule has 0 bridgehead atoms. The highest BCUT2D eigenvalue weighted by molar-refractivity contribution is 5.22. The summed E-state index contributed by atoms with van der Waals surface area (Å²) in [6.45, 7) is 1.75. The van der Waals surface area contributed by atoms with Crippen molar-refractivity contribution in [1.29, 1.82) is 0 Å². The predicted octanol–water partition coefficient (Wildman–Crippen LogP) is 1.81. The first-order chi connectivity index (χ1) is 9.11. The van der Waals surface area contributed by atoms with Gasteiger partial charge in [-0.2, -0.15) is 0 Å². The van der Waals surface area contributed by atoms with Gasteiger partial charge >= 0.3 is 0 Å². The van der Waals surface area contributed by atoms with Gasteiger partial charge in [-0.05, 0) is 31.0 Å². The van der Waals surface area contributed by atoms with Crippen molar-refractivity contribution in [3.63, 3.8) is 0 Å². The molecule has 4 nitrogen and oxygen atoms in total. The van der Waals surface area contributed by atoms with E-state index >= 15 is 0 Å². The molecule has 1 heterocycles. The molecule has 1 aromatic carbocycles. The molecule has 0 saturated carbocycles. The number of hydrogen-bond donors (Lipinski definition) is 2. The van der Waals surface area contributed by atoms with Crippen LogP contribution in [0.25, 0.3) is 0 Å². The van der Waals surface area contributed by atoms with Crippen molar-refractivity contribution in [2.75, 3.05) is 0 Å². The van der Waals surface area contributed by atoms with Crippen LogP contribution in [0.5, 0.6) is 0 Å². The van der Waals surface area contributed by atoms with Crippen molar-refractivity contribution in [1.82, 2.24) is 15.4 Å². The molecule has 100 valence electrons. The Labute approximate surface area is 109 Å². The maximum absolute atomic E-state index is 13.6. The summed E-state index contributed by atoms with van der Waals surface area (Å²) < 4.78 is 26.8. The summed E-state index contributed by atoms with van der Waals surface area (Å²) in [6, 6.07) is 5.36. The van der Waals surface area contributed by atoms with Gasteiger partial charge in [0, 0.05) is 6.20 Å². The molecule has 3 N–H and O–H groups in total. The molecule has 0 fully saturated rings. The molecular weight excluding hydrogens is 250 g/mol. The number of aromatic nitrogens is 2. The Morgan fingerprint density at radius 3 is 2.79 bits per heavy atom. The monoisotopic (exact) mass is 264 g/mol. The van der Waals surface area contributed by atoms with Crippen molar-refractivity contribution in [2.24, 2.45) is 5.84 Å². The molecule has 0 amide bonds. The average Bonchev–Trinajstić information content (AvgIpc) is 2.40. The number of aryl methyl sites for hydroxylation is 1. The Kier molecular flexibility index (Phi) is 4.13. The van der Waals surface area contributed by atoms with E-state index in [-0.39, 0.29) is 12.0 Å². The highest BCUT2D eigenvalue weighted by Crippen LogP contribution is 2.19. The molecule has 0 aliphatic carbocycles. The topological polar surface area (TPSA) is 63.8 Å². The van der Waals surface area contributed by atoms with E-state index in [1.165, 1.54) is 12.1 Å². The smallest absolute Gasteiger partial charge is 0.162 e. The lowest BCUT2D eigenvalue weighted by Gasteiger charge is -2.16. The quantitative estimate of drug-likeness (QED) is 0.653. The lowest BCUT2D eigenvalue weighted by atomic mass is 10.0. The van der Waals surface area contributed by atoms with Gasteiger partial charge in [0.15, 0.2) is 11.6 Å². The van der Waals surface area contributed by atoms with Crippen molar-refractivity contribution < 1.29 is 8.78 Å². The van der Waals surface area contributed by atoms with Gasteiger partial charge in [-0.3, -0.25) is 11.3 Å². The lowest BCUT2D eigenvalue weighted by molar-refractivity contribution is 0.477. The molecule has 2 rings (SSSR count). The number of benzene rings is 1. The van der Waals surface area contributed by atoms with E-state index in [1.807, 2.05) is 0 Å². The minimum Gasteiger partial charge on any atom is -0.271 e. The Balaban J connectivity index is 2.26. The van der Waals surface area contributed by atoms with E-state index in [9.17, 15) is 8.78 Å². The van der Waals surface area contributed by atoms with Gasteiger partial charge in [0.25, 0.3) is 0 Å². The zero-order valence-electron chi connectivity index (χ0n) is 10.4. The number of nitrogens with zero attached hydrogens (tertiary/aromatic N) is 2. The fourth-order valence-corrected chi connectivity index (χ4v) is 1.84. The number of nitrogens with two attached hydrogens (primary N) is 1. The largest absolute Gasteiger partial charge is 0.271 e. The van der Waals surface area contributed by atoms with Gasteiger partial charge < -0.3 is 0 Å². The minimum atomic E-state index is -0.868. The molecule has 0 aliphatic heterocycles. The minimum absolute atomic E-state index is 0.205. The van der Waals surface area contributed by atoms with E-state index in [0.717, 1.165) is 6.07 Å². The number of rotatable bonds is 4. The highest BCUT2D eigenvalue weighted by atomic mass is 19.2. The summed E-state index contributed by atoms with van der Waals surface area (Å²) in [4.78, 5) is 8.20. The van der Waals surface area contributed by atoms with Gasteiger partial charge in [0.1, 0.15) is 5.82 Å². The molecule has 6 heteroatoms. The van der Waals surface area contributed by atoms with Crippen LogP contribution in [0, 0.1) is 18.6 Å². The van der Waals surface area contributed by atoms with Crippen LogP contribution in [0.2, 0.25) is 0 Å². The van der Waals surface area contributed by atoms with Crippen LogP contribution in [-0.4, -0.2) is 9.97 Å². The molecule has 0 radical (unpaired) electrons. The molecule has 0 aliphatic rings. The third-order valence-electron chi connectivity index (χ3n) is 2.81. The number of nitrogens with one attached hydrogen (secondary N) is 1. The van der Waals surface area contributed by atoms with Gasteiger partial charge in [-0.25, -0.2) is 18.7 Å². The standard InChI is InChI=1S/C13H14F2N4/c1-8-17-6-5-11(18-8)12(19-16)7-9-3-2-4-10(14)13(9)15/h2-6,12,19H,7,16H2,1H3. The average molecular weight is 264 g/mol. The van der Waals surface area contributed by atoms with Crippen molar-refractivity contribution in [3.05, 3.63) is 59.2 Å². The van der Waals surface area contributed by atoms with Crippen LogP contribution in [0.3, 0.4) is 0 Å².